The highest BCUT2D eigenvalue weighted by molar-refractivity contribution is 7.09. The second-order valence-electron chi connectivity index (χ2n) is 4.86. The van der Waals surface area contributed by atoms with Crippen LogP contribution in [0.3, 0.4) is 0 Å². The summed E-state index contributed by atoms with van der Waals surface area (Å²) in [5, 5.41) is 5.45. The fraction of sp³-hybridized carbons (Fsp3) is 0.643. The number of carbonyl (C=O) groups is 1. The first-order valence-corrected chi connectivity index (χ1v) is 7.55. The van der Waals surface area contributed by atoms with E-state index >= 15 is 0 Å². The molecule has 19 heavy (non-hydrogen) atoms. The van der Waals surface area contributed by atoms with Crippen LogP contribution in [-0.4, -0.2) is 31.3 Å². The summed E-state index contributed by atoms with van der Waals surface area (Å²) in [4.78, 5) is 13.4. The summed E-state index contributed by atoms with van der Waals surface area (Å²) in [7, 11) is 1.45. The molecule has 0 bridgehead atoms. The van der Waals surface area contributed by atoms with Crippen molar-refractivity contribution in [2.45, 2.75) is 44.4 Å². The lowest BCUT2D eigenvalue weighted by Gasteiger charge is -2.39. The molecular formula is C14H21NO3S. The van der Waals surface area contributed by atoms with E-state index in [0.29, 0.717) is 26.0 Å². The van der Waals surface area contributed by atoms with Crippen LogP contribution in [0.25, 0.3) is 0 Å². The quantitative estimate of drug-likeness (QED) is 0.843. The van der Waals surface area contributed by atoms with Gasteiger partial charge in [0.25, 0.3) is 0 Å². The summed E-state index contributed by atoms with van der Waals surface area (Å²) in [6, 6.07) is 4.09. The van der Waals surface area contributed by atoms with Gasteiger partial charge in [0.2, 0.25) is 0 Å². The Labute approximate surface area is 118 Å². The molecule has 2 unspecified atom stereocenters. The van der Waals surface area contributed by atoms with Crippen molar-refractivity contribution in [2.24, 2.45) is 0 Å². The molecule has 0 saturated carbocycles. The van der Waals surface area contributed by atoms with Crippen LogP contribution in [0.15, 0.2) is 17.5 Å². The molecule has 0 aliphatic carbocycles. The number of esters is 1. The zero-order valence-electron chi connectivity index (χ0n) is 11.5. The van der Waals surface area contributed by atoms with E-state index in [1.54, 1.807) is 11.3 Å². The summed E-state index contributed by atoms with van der Waals surface area (Å²) in [6.07, 6.45) is 2.39. The van der Waals surface area contributed by atoms with Crippen molar-refractivity contribution >= 4 is 17.3 Å². The molecule has 0 amide bonds. The van der Waals surface area contributed by atoms with Crippen LogP contribution in [0.1, 0.15) is 31.1 Å². The maximum atomic E-state index is 12.2. The number of carbonyl (C=O) groups excluding carboxylic acids is 1. The number of thiophene rings is 1. The lowest BCUT2D eigenvalue weighted by atomic mass is 9.85. The lowest BCUT2D eigenvalue weighted by molar-refractivity contribution is -0.156. The number of hydrogen-bond donors (Lipinski definition) is 1. The number of hydrogen-bond acceptors (Lipinski definition) is 5. The van der Waals surface area contributed by atoms with Gasteiger partial charge in [-0.1, -0.05) is 13.0 Å². The smallest absolute Gasteiger partial charge is 0.326 e. The van der Waals surface area contributed by atoms with Crippen molar-refractivity contribution in [3.8, 4) is 0 Å². The second-order valence-corrected chi connectivity index (χ2v) is 5.89. The summed E-state index contributed by atoms with van der Waals surface area (Å²) in [5.41, 5.74) is -0.600. The Hall–Kier alpha value is -0.910. The molecule has 0 radical (unpaired) electrons. The third-order valence-corrected chi connectivity index (χ3v) is 4.55. The average Bonchev–Trinajstić information content (AvgIpc) is 2.97. The minimum atomic E-state index is -0.600. The van der Waals surface area contributed by atoms with Crippen molar-refractivity contribution < 1.29 is 14.3 Å². The van der Waals surface area contributed by atoms with Gasteiger partial charge in [0.15, 0.2) is 0 Å². The van der Waals surface area contributed by atoms with Gasteiger partial charge in [-0.25, -0.2) is 0 Å². The first-order valence-electron chi connectivity index (χ1n) is 6.67. The number of methoxy groups -OCH3 is 1. The zero-order chi connectivity index (χ0) is 13.7. The number of ether oxygens (including phenoxy) is 2. The van der Waals surface area contributed by atoms with Crippen LogP contribution in [0.2, 0.25) is 0 Å². The Morgan fingerprint density at radius 3 is 3.16 bits per heavy atom. The van der Waals surface area contributed by atoms with Crippen LogP contribution in [0.4, 0.5) is 0 Å². The summed E-state index contributed by atoms with van der Waals surface area (Å²) < 4.78 is 10.7. The van der Waals surface area contributed by atoms with Gasteiger partial charge in [0, 0.05) is 24.4 Å². The highest BCUT2D eigenvalue weighted by Gasteiger charge is 2.43. The van der Waals surface area contributed by atoms with Gasteiger partial charge in [-0.2, -0.15) is 0 Å². The molecule has 1 aromatic heterocycles. The first-order chi connectivity index (χ1) is 9.20. The van der Waals surface area contributed by atoms with E-state index in [0.717, 1.165) is 6.42 Å². The van der Waals surface area contributed by atoms with Gasteiger partial charge in [-0.05, 0) is 24.3 Å². The molecule has 1 N–H and O–H groups in total. The Balaban J connectivity index is 2.08. The Kier molecular flexibility index (Phi) is 4.96. The molecule has 106 valence electrons. The maximum Gasteiger partial charge on any atom is 0.326 e. The van der Waals surface area contributed by atoms with Crippen molar-refractivity contribution in [3.05, 3.63) is 22.4 Å². The average molecular weight is 283 g/mol. The van der Waals surface area contributed by atoms with E-state index in [1.165, 1.54) is 12.0 Å². The zero-order valence-corrected chi connectivity index (χ0v) is 12.3. The molecule has 1 aliphatic heterocycles. The van der Waals surface area contributed by atoms with Gasteiger partial charge >= 0.3 is 5.97 Å². The van der Waals surface area contributed by atoms with Crippen LogP contribution in [0.5, 0.6) is 0 Å². The molecule has 1 aliphatic rings. The molecule has 2 rings (SSSR count). The molecule has 1 saturated heterocycles. The minimum absolute atomic E-state index is 0.128. The molecule has 1 aromatic rings. The van der Waals surface area contributed by atoms with E-state index in [4.69, 9.17) is 9.47 Å². The Bertz CT molecular complexity index is 407. The number of nitrogens with one attached hydrogen (secondary N) is 1. The Morgan fingerprint density at radius 1 is 1.68 bits per heavy atom. The van der Waals surface area contributed by atoms with E-state index in [-0.39, 0.29) is 12.1 Å². The van der Waals surface area contributed by atoms with E-state index in [1.807, 2.05) is 11.4 Å². The standard InChI is InChI=1S/C14H21NO3S/c1-3-11-9-14(6-7-18-11,13(16)17-2)15-10-12-5-4-8-19-12/h4-5,8,11,15H,3,6-7,9-10H2,1-2H3. The third kappa shape index (κ3) is 3.35. The Morgan fingerprint density at radius 2 is 2.53 bits per heavy atom. The van der Waals surface area contributed by atoms with E-state index in [2.05, 4.69) is 18.3 Å². The van der Waals surface area contributed by atoms with Crippen LogP contribution >= 0.6 is 11.3 Å². The predicted octanol–water partition coefficient (Wildman–Crippen LogP) is 2.34. The van der Waals surface area contributed by atoms with Crippen molar-refractivity contribution in [3.63, 3.8) is 0 Å². The number of rotatable bonds is 5. The third-order valence-electron chi connectivity index (χ3n) is 3.67. The molecule has 2 heterocycles. The van der Waals surface area contributed by atoms with Gasteiger partial charge < -0.3 is 9.47 Å². The molecule has 2 atom stereocenters. The maximum absolute atomic E-state index is 12.2. The highest BCUT2D eigenvalue weighted by atomic mass is 32.1. The van der Waals surface area contributed by atoms with E-state index in [9.17, 15) is 4.79 Å². The normalized spacial score (nSPS) is 27.2. The fourth-order valence-corrected chi connectivity index (χ4v) is 3.14. The molecule has 5 heteroatoms. The van der Waals surface area contributed by atoms with Crippen LogP contribution in [0, 0.1) is 0 Å². The topological polar surface area (TPSA) is 47.6 Å². The molecule has 0 spiro atoms. The first kappa shape index (κ1) is 14.5. The van der Waals surface area contributed by atoms with Crippen molar-refractivity contribution in [1.29, 1.82) is 0 Å². The monoisotopic (exact) mass is 283 g/mol. The summed E-state index contributed by atoms with van der Waals surface area (Å²) >= 11 is 1.69. The molecular weight excluding hydrogens is 262 g/mol. The van der Waals surface area contributed by atoms with Gasteiger partial charge in [0.1, 0.15) is 5.54 Å². The second kappa shape index (κ2) is 6.50. The van der Waals surface area contributed by atoms with Gasteiger partial charge in [0.05, 0.1) is 13.2 Å². The van der Waals surface area contributed by atoms with Crippen molar-refractivity contribution in [2.75, 3.05) is 13.7 Å². The highest BCUT2D eigenvalue weighted by Crippen LogP contribution is 2.28. The summed E-state index contributed by atoms with van der Waals surface area (Å²) in [6.45, 7) is 3.38. The lowest BCUT2D eigenvalue weighted by Crippen LogP contribution is -2.57. The van der Waals surface area contributed by atoms with Crippen LogP contribution < -0.4 is 5.32 Å². The predicted molar refractivity (Wildman–Crippen MR) is 75.2 cm³/mol. The molecule has 0 aromatic carbocycles. The van der Waals surface area contributed by atoms with Gasteiger partial charge in [-0.3, -0.25) is 10.1 Å². The molecule has 1 fully saturated rings. The summed E-state index contributed by atoms with van der Waals surface area (Å²) in [5.74, 6) is -0.175. The van der Waals surface area contributed by atoms with E-state index < -0.39 is 5.54 Å². The van der Waals surface area contributed by atoms with Gasteiger partial charge in [-0.15, -0.1) is 11.3 Å². The largest absolute Gasteiger partial charge is 0.468 e. The van der Waals surface area contributed by atoms with Crippen LogP contribution in [-0.2, 0) is 20.8 Å². The molecule has 4 nitrogen and oxygen atoms in total. The fourth-order valence-electron chi connectivity index (χ4n) is 2.49. The van der Waals surface area contributed by atoms with Crippen molar-refractivity contribution in [1.82, 2.24) is 5.32 Å². The minimum Gasteiger partial charge on any atom is -0.468 e. The SMILES string of the molecule is CCC1CC(NCc2cccs2)(C(=O)OC)CCO1.